The highest BCUT2D eigenvalue weighted by atomic mass is 16.5. The molecule has 1 aromatic heterocycles. The molecule has 154 valence electrons. The van der Waals surface area contributed by atoms with E-state index >= 15 is 0 Å². The number of hydrogen-bond acceptors (Lipinski definition) is 6. The van der Waals surface area contributed by atoms with Gasteiger partial charge in [-0.1, -0.05) is 36.4 Å². The molecular weight excluding hydrogens is 384 g/mol. The van der Waals surface area contributed by atoms with Crippen molar-refractivity contribution in [3.63, 3.8) is 0 Å². The number of nitrogens with one attached hydrogen (secondary N) is 1. The maximum absolute atomic E-state index is 12.4. The Morgan fingerprint density at radius 2 is 1.67 bits per heavy atom. The minimum Gasteiger partial charge on any atom is -0.455 e. The Morgan fingerprint density at radius 3 is 2.37 bits per heavy atom. The number of piperidine rings is 1. The highest BCUT2D eigenvalue weighted by molar-refractivity contribution is 5.89. The summed E-state index contributed by atoms with van der Waals surface area (Å²) in [5.74, 6) is 0.0844. The van der Waals surface area contributed by atoms with E-state index in [-0.39, 0.29) is 30.4 Å². The van der Waals surface area contributed by atoms with Crippen molar-refractivity contribution in [1.82, 2.24) is 15.1 Å². The molecule has 8 nitrogen and oxygen atoms in total. The van der Waals surface area contributed by atoms with E-state index in [4.69, 9.17) is 9.15 Å². The van der Waals surface area contributed by atoms with Gasteiger partial charge in [-0.05, 0) is 37.1 Å². The Labute approximate surface area is 173 Å². The van der Waals surface area contributed by atoms with Crippen LogP contribution in [0.4, 0.5) is 10.5 Å². The van der Waals surface area contributed by atoms with Crippen molar-refractivity contribution in [2.75, 3.05) is 18.4 Å². The number of anilines is 1. The highest BCUT2D eigenvalue weighted by Crippen LogP contribution is 2.21. The lowest BCUT2D eigenvalue weighted by Gasteiger charge is -2.30. The first-order valence-corrected chi connectivity index (χ1v) is 9.84. The van der Waals surface area contributed by atoms with Gasteiger partial charge in [0.05, 0.1) is 5.92 Å². The van der Waals surface area contributed by atoms with E-state index in [0.717, 1.165) is 11.3 Å². The van der Waals surface area contributed by atoms with Crippen molar-refractivity contribution in [3.8, 4) is 11.5 Å². The molecule has 1 fully saturated rings. The predicted octanol–water partition coefficient (Wildman–Crippen LogP) is 3.72. The van der Waals surface area contributed by atoms with E-state index in [2.05, 4.69) is 15.5 Å². The average Bonchev–Trinajstić information content (AvgIpc) is 3.28. The molecule has 2 heterocycles. The summed E-state index contributed by atoms with van der Waals surface area (Å²) >= 11 is 0. The molecule has 2 amide bonds. The molecule has 0 aliphatic carbocycles. The van der Waals surface area contributed by atoms with Crippen molar-refractivity contribution in [3.05, 3.63) is 66.6 Å². The van der Waals surface area contributed by atoms with E-state index in [1.165, 1.54) is 0 Å². The lowest BCUT2D eigenvalue weighted by Crippen LogP contribution is -2.42. The van der Waals surface area contributed by atoms with Gasteiger partial charge in [0.2, 0.25) is 5.89 Å². The van der Waals surface area contributed by atoms with Gasteiger partial charge in [-0.3, -0.25) is 4.79 Å². The van der Waals surface area contributed by atoms with Crippen LogP contribution >= 0.6 is 0 Å². The molecule has 0 radical (unpaired) electrons. The Kier molecular flexibility index (Phi) is 6.03. The summed E-state index contributed by atoms with van der Waals surface area (Å²) in [4.78, 5) is 26.4. The van der Waals surface area contributed by atoms with E-state index in [1.54, 1.807) is 4.90 Å². The van der Waals surface area contributed by atoms with Crippen LogP contribution in [-0.2, 0) is 16.1 Å². The number of nitrogens with zero attached hydrogens (tertiary/aromatic N) is 3. The largest absolute Gasteiger partial charge is 0.455 e. The molecule has 0 saturated carbocycles. The van der Waals surface area contributed by atoms with Crippen LogP contribution in [0, 0.1) is 5.92 Å². The fraction of sp³-hybridized carbons (Fsp3) is 0.273. The second-order valence-corrected chi connectivity index (χ2v) is 7.03. The lowest BCUT2D eigenvalue weighted by atomic mass is 9.97. The third-order valence-corrected chi connectivity index (χ3v) is 4.97. The van der Waals surface area contributed by atoms with Gasteiger partial charge in [0, 0.05) is 24.3 Å². The van der Waals surface area contributed by atoms with Crippen LogP contribution in [0.5, 0.6) is 0 Å². The van der Waals surface area contributed by atoms with Gasteiger partial charge in [0.15, 0.2) is 6.61 Å². The number of carbonyl (C=O) groups excluding carboxylic acids is 2. The number of hydrogen-bond donors (Lipinski definition) is 1. The summed E-state index contributed by atoms with van der Waals surface area (Å²) in [6.45, 7) is 0.932. The molecule has 0 spiro atoms. The molecule has 30 heavy (non-hydrogen) atoms. The molecule has 1 aliphatic heterocycles. The number of ether oxygens (including phenoxy) is 1. The number of rotatable bonds is 5. The van der Waals surface area contributed by atoms with Crippen LogP contribution < -0.4 is 5.32 Å². The second kappa shape index (κ2) is 9.21. The van der Waals surface area contributed by atoms with Crippen molar-refractivity contribution in [2.24, 2.45) is 5.92 Å². The predicted molar refractivity (Wildman–Crippen MR) is 109 cm³/mol. The average molecular weight is 406 g/mol. The molecule has 1 aliphatic rings. The Hall–Kier alpha value is -3.68. The van der Waals surface area contributed by atoms with Crippen LogP contribution in [0.1, 0.15) is 18.7 Å². The zero-order valence-corrected chi connectivity index (χ0v) is 16.4. The molecule has 0 unspecified atom stereocenters. The normalized spacial score (nSPS) is 14.3. The second-order valence-electron chi connectivity index (χ2n) is 7.03. The van der Waals surface area contributed by atoms with Crippen molar-refractivity contribution in [2.45, 2.75) is 19.4 Å². The SMILES string of the molecule is O=C(OCc1nnc(-c2ccccc2)o1)C1CCN(C(=O)Nc2ccccc2)CC1. The molecule has 1 N–H and O–H groups in total. The van der Waals surface area contributed by atoms with E-state index in [0.29, 0.717) is 31.8 Å². The van der Waals surface area contributed by atoms with E-state index in [1.807, 2.05) is 60.7 Å². The molecular formula is C22H22N4O4. The molecule has 0 bridgehead atoms. The summed E-state index contributed by atoms with van der Waals surface area (Å²) in [6, 6.07) is 18.5. The van der Waals surface area contributed by atoms with Crippen LogP contribution in [0.15, 0.2) is 65.1 Å². The third-order valence-electron chi connectivity index (χ3n) is 4.97. The summed E-state index contributed by atoms with van der Waals surface area (Å²) in [5.41, 5.74) is 1.56. The number of aromatic nitrogens is 2. The number of benzene rings is 2. The number of carbonyl (C=O) groups is 2. The maximum atomic E-state index is 12.4. The monoisotopic (exact) mass is 406 g/mol. The minimum absolute atomic E-state index is 0.0621. The van der Waals surface area contributed by atoms with Crippen molar-refractivity contribution >= 4 is 17.7 Å². The molecule has 0 atom stereocenters. The van der Waals surface area contributed by atoms with Crippen molar-refractivity contribution in [1.29, 1.82) is 0 Å². The Balaban J connectivity index is 1.23. The van der Waals surface area contributed by atoms with Crippen LogP contribution in [0.25, 0.3) is 11.5 Å². The van der Waals surface area contributed by atoms with Gasteiger partial charge in [-0.15, -0.1) is 10.2 Å². The maximum Gasteiger partial charge on any atom is 0.321 e. The zero-order valence-electron chi connectivity index (χ0n) is 16.4. The highest BCUT2D eigenvalue weighted by Gasteiger charge is 2.28. The summed E-state index contributed by atoms with van der Waals surface area (Å²) in [6.07, 6.45) is 1.11. The Bertz CT molecular complexity index is 983. The van der Waals surface area contributed by atoms with Crippen LogP contribution in [0.3, 0.4) is 0 Å². The van der Waals surface area contributed by atoms with E-state index in [9.17, 15) is 9.59 Å². The van der Waals surface area contributed by atoms with Gasteiger partial charge in [0.25, 0.3) is 5.89 Å². The number of amides is 2. The van der Waals surface area contributed by atoms with Gasteiger partial charge < -0.3 is 19.4 Å². The number of urea groups is 1. The van der Waals surface area contributed by atoms with Gasteiger partial charge in [0.1, 0.15) is 0 Å². The molecule has 8 heteroatoms. The standard InChI is InChI=1S/C22H22N4O4/c27-21(29-15-19-24-25-20(30-19)16-7-3-1-4-8-16)17-11-13-26(14-12-17)22(28)23-18-9-5-2-6-10-18/h1-10,17H,11-15H2,(H,23,28). The van der Waals surface area contributed by atoms with Gasteiger partial charge in [-0.25, -0.2) is 4.79 Å². The topological polar surface area (TPSA) is 97.6 Å². The van der Waals surface area contributed by atoms with Gasteiger partial charge >= 0.3 is 12.0 Å². The first-order chi connectivity index (χ1) is 14.7. The fourth-order valence-electron chi connectivity index (χ4n) is 3.30. The van der Waals surface area contributed by atoms with Crippen LogP contribution in [-0.4, -0.2) is 40.2 Å². The minimum atomic E-state index is -0.308. The number of esters is 1. The first kappa shape index (κ1) is 19.6. The molecule has 4 rings (SSSR count). The number of para-hydroxylation sites is 1. The summed E-state index contributed by atoms with van der Waals surface area (Å²) in [7, 11) is 0. The molecule has 1 saturated heterocycles. The quantitative estimate of drug-likeness (QED) is 0.649. The Morgan fingerprint density at radius 1 is 1.00 bits per heavy atom. The van der Waals surface area contributed by atoms with E-state index < -0.39 is 0 Å². The molecule has 3 aromatic rings. The smallest absolute Gasteiger partial charge is 0.321 e. The summed E-state index contributed by atoms with van der Waals surface area (Å²) < 4.78 is 10.9. The van der Waals surface area contributed by atoms with Crippen molar-refractivity contribution < 1.29 is 18.7 Å². The summed E-state index contributed by atoms with van der Waals surface area (Å²) in [5, 5.41) is 10.8. The lowest BCUT2D eigenvalue weighted by molar-refractivity contribution is -0.152. The third kappa shape index (κ3) is 4.83. The zero-order chi connectivity index (χ0) is 20.8. The number of likely N-dealkylation sites (tertiary alicyclic amines) is 1. The van der Waals surface area contributed by atoms with Gasteiger partial charge in [-0.2, -0.15) is 0 Å². The molecule has 2 aromatic carbocycles. The fourth-order valence-corrected chi connectivity index (χ4v) is 3.30. The van der Waals surface area contributed by atoms with Crippen LogP contribution in [0.2, 0.25) is 0 Å². The first-order valence-electron chi connectivity index (χ1n) is 9.84.